The molecule has 2 heterocycles. The summed E-state index contributed by atoms with van der Waals surface area (Å²) in [6, 6.07) is 0. The Labute approximate surface area is 136 Å². The molecule has 1 amide bonds. The van der Waals surface area contributed by atoms with E-state index in [0.717, 1.165) is 23.5 Å². The van der Waals surface area contributed by atoms with Crippen LogP contribution in [0.4, 0.5) is 4.79 Å². The van der Waals surface area contributed by atoms with E-state index in [-0.39, 0.29) is 0 Å². The fourth-order valence-electron chi connectivity index (χ4n) is 2.31. The summed E-state index contributed by atoms with van der Waals surface area (Å²) in [5.41, 5.74) is 2.58. The van der Waals surface area contributed by atoms with Crippen LogP contribution in [-0.2, 0) is 24.6 Å². The molecule has 126 valence electrons. The van der Waals surface area contributed by atoms with Crippen molar-refractivity contribution in [2.24, 2.45) is 7.05 Å². The molecule has 0 aliphatic carbocycles. The minimum atomic E-state index is -0.489. The second kappa shape index (κ2) is 6.85. The third-order valence-electron chi connectivity index (χ3n) is 3.24. The quantitative estimate of drug-likeness (QED) is 0.917. The van der Waals surface area contributed by atoms with Gasteiger partial charge >= 0.3 is 6.09 Å². The summed E-state index contributed by atoms with van der Waals surface area (Å²) < 4.78 is 9.04. The molecule has 0 fully saturated rings. The highest BCUT2D eigenvalue weighted by atomic mass is 16.6. The van der Waals surface area contributed by atoms with E-state index in [1.165, 1.54) is 0 Å². The summed E-state index contributed by atoms with van der Waals surface area (Å²) in [7, 11) is 1.91. The maximum Gasteiger partial charge on any atom is 0.407 e. The zero-order valence-corrected chi connectivity index (χ0v) is 14.5. The number of hydrogen-bond donors (Lipinski definition) is 1. The fourth-order valence-corrected chi connectivity index (χ4v) is 2.31. The van der Waals surface area contributed by atoms with E-state index in [2.05, 4.69) is 22.3 Å². The van der Waals surface area contributed by atoms with Crippen LogP contribution in [-0.4, -0.2) is 37.6 Å². The molecule has 0 saturated carbocycles. The smallest absolute Gasteiger partial charge is 0.407 e. The van der Waals surface area contributed by atoms with Gasteiger partial charge in [0, 0.05) is 38.1 Å². The predicted octanol–water partition coefficient (Wildman–Crippen LogP) is 2.24. The van der Waals surface area contributed by atoms with Gasteiger partial charge in [-0.05, 0) is 27.2 Å². The van der Waals surface area contributed by atoms with Gasteiger partial charge in [0.25, 0.3) is 0 Å². The Morgan fingerprint density at radius 1 is 1.39 bits per heavy atom. The number of aryl methyl sites for hydroxylation is 2. The number of nitrogens with zero attached hydrogens (tertiary/aromatic N) is 4. The minimum Gasteiger partial charge on any atom is -0.444 e. The molecular formula is C16H25N5O2. The summed E-state index contributed by atoms with van der Waals surface area (Å²) in [4.78, 5) is 15.9. The largest absolute Gasteiger partial charge is 0.444 e. The molecule has 0 unspecified atom stereocenters. The number of hydrogen-bond acceptors (Lipinski definition) is 4. The van der Waals surface area contributed by atoms with E-state index in [1.54, 1.807) is 11.0 Å². The fraction of sp³-hybridized carbons (Fsp3) is 0.562. The van der Waals surface area contributed by atoms with Crippen LogP contribution in [0.5, 0.6) is 0 Å². The van der Waals surface area contributed by atoms with Crippen LogP contribution in [0.25, 0.3) is 5.69 Å². The van der Waals surface area contributed by atoms with E-state index < -0.39 is 11.7 Å². The minimum absolute atomic E-state index is 0.404. The van der Waals surface area contributed by atoms with Crippen molar-refractivity contribution in [3.63, 3.8) is 0 Å². The van der Waals surface area contributed by atoms with E-state index in [1.807, 2.05) is 44.8 Å². The summed E-state index contributed by atoms with van der Waals surface area (Å²) in [6.07, 6.45) is 6.67. The molecule has 0 aliphatic heterocycles. The van der Waals surface area contributed by atoms with Gasteiger partial charge in [-0.2, -0.15) is 5.10 Å². The second-order valence-electron chi connectivity index (χ2n) is 6.42. The number of imidazole rings is 1. The number of ether oxygens (including phenoxy) is 1. The molecule has 0 atom stereocenters. The Balaban J connectivity index is 2.00. The van der Waals surface area contributed by atoms with Crippen molar-refractivity contribution >= 4 is 6.09 Å². The van der Waals surface area contributed by atoms with Crippen molar-refractivity contribution in [3.8, 4) is 5.69 Å². The van der Waals surface area contributed by atoms with Gasteiger partial charge in [-0.3, -0.25) is 9.25 Å². The monoisotopic (exact) mass is 319 g/mol. The lowest BCUT2D eigenvalue weighted by Gasteiger charge is -2.19. The number of aromatic nitrogens is 4. The summed E-state index contributed by atoms with van der Waals surface area (Å²) in [6.45, 7) is 8.10. The topological polar surface area (TPSA) is 74.0 Å². The van der Waals surface area contributed by atoms with Crippen molar-refractivity contribution in [1.29, 1.82) is 0 Å². The van der Waals surface area contributed by atoms with Crippen LogP contribution in [0.1, 0.15) is 39.1 Å². The van der Waals surface area contributed by atoms with Crippen molar-refractivity contribution in [3.05, 3.63) is 30.1 Å². The molecule has 7 heteroatoms. The lowest BCUT2D eigenvalue weighted by atomic mass is 10.2. The Bertz CT molecular complexity index is 666. The Hall–Kier alpha value is -2.31. The van der Waals surface area contributed by atoms with Crippen molar-refractivity contribution in [2.45, 2.75) is 46.1 Å². The van der Waals surface area contributed by atoms with Gasteiger partial charge in [0.2, 0.25) is 0 Å². The molecule has 0 spiro atoms. The average Bonchev–Trinajstić information content (AvgIpc) is 3.02. The molecule has 1 N–H and O–H groups in total. The van der Waals surface area contributed by atoms with Gasteiger partial charge in [-0.25, -0.2) is 9.78 Å². The van der Waals surface area contributed by atoms with Crippen LogP contribution < -0.4 is 5.32 Å². The molecule has 2 aromatic heterocycles. The number of alkyl carbamates (subject to hydrolysis) is 1. The molecule has 0 aromatic carbocycles. The number of rotatable bonds is 5. The highest BCUT2D eigenvalue weighted by Crippen LogP contribution is 2.16. The Morgan fingerprint density at radius 3 is 2.78 bits per heavy atom. The van der Waals surface area contributed by atoms with Gasteiger partial charge in [0.1, 0.15) is 5.60 Å². The van der Waals surface area contributed by atoms with Crippen LogP contribution in [0, 0.1) is 0 Å². The van der Waals surface area contributed by atoms with Gasteiger partial charge < -0.3 is 10.1 Å². The SMILES string of the molecule is CCc1nn(C)cc1-n1cncc1CCNC(=O)OC(C)(C)C. The first-order chi connectivity index (χ1) is 10.8. The van der Waals surface area contributed by atoms with Gasteiger partial charge in [0.05, 0.1) is 17.7 Å². The third kappa shape index (κ3) is 4.58. The number of amides is 1. The molecule has 0 saturated heterocycles. The first-order valence-corrected chi connectivity index (χ1v) is 7.81. The molecule has 0 radical (unpaired) electrons. The maximum absolute atomic E-state index is 11.7. The summed E-state index contributed by atoms with van der Waals surface area (Å²) in [5.74, 6) is 0. The van der Waals surface area contributed by atoms with E-state index in [9.17, 15) is 4.79 Å². The zero-order chi connectivity index (χ0) is 17.0. The van der Waals surface area contributed by atoms with E-state index in [0.29, 0.717) is 13.0 Å². The molecule has 23 heavy (non-hydrogen) atoms. The molecule has 2 rings (SSSR count). The highest BCUT2D eigenvalue weighted by Gasteiger charge is 2.16. The summed E-state index contributed by atoms with van der Waals surface area (Å²) >= 11 is 0. The highest BCUT2D eigenvalue weighted by molar-refractivity contribution is 5.67. The Kier molecular flexibility index (Phi) is 5.08. The third-order valence-corrected chi connectivity index (χ3v) is 3.24. The normalized spacial score (nSPS) is 11.5. The van der Waals surface area contributed by atoms with Crippen LogP contribution >= 0.6 is 0 Å². The van der Waals surface area contributed by atoms with Crippen LogP contribution in [0.15, 0.2) is 18.7 Å². The number of nitrogens with one attached hydrogen (secondary N) is 1. The van der Waals surface area contributed by atoms with Crippen molar-refractivity contribution in [2.75, 3.05) is 6.54 Å². The first-order valence-electron chi connectivity index (χ1n) is 7.81. The average molecular weight is 319 g/mol. The maximum atomic E-state index is 11.7. The molecule has 0 aliphatic rings. The van der Waals surface area contributed by atoms with Gasteiger partial charge in [0.15, 0.2) is 0 Å². The lowest BCUT2D eigenvalue weighted by molar-refractivity contribution is 0.0528. The van der Waals surface area contributed by atoms with Crippen molar-refractivity contribution < 1.29 is 9.53 Å². The number of carbonyl (C=O) groups excluding carboxylic acids is 1. The van der Waals surface area contributed by atoms with Gasteiger partial charge in [-0.15, -0.1) is 0 Å². The first kappa shape index (κ1) is 17.1. The van der Waals surface area contributed by atoms with E-state index >= 15 is 0 Å². The summed E-state index contributed by atoms with van der Waals surface area (Å²) in [5, 5.41) is 7.22. The molecule has 7 nitrogen and oxygen atoms in total. The standard InChI is InChI=1S/C16H25N5O2/c1-6-13-14(10-20(5)19-13)21-11-17-9-12(21)7-8-18-15(22)23-16(2,3)4/h9-11H,6-8H2,1-5H3,(H,18,22). The van der Waals surface area contributed by atoms with Crippen molar-refractivity contribution in [1.82, 2.24) is 24.6 Å². The zero-order valence-electron chi connectivity index (χ0n) is 14.5. The Morgan fingerprint density at radius 2 is 2.13 bits per heavy atom. The molecule has 0 bridgehead atoms. The predicted molar refractivity (Wildman–Crippen MR) is 87.6 cm³/mol. The molecular weight excluding hydrogens is 294 g/mol. The van der Waals surface area contributed by atoms with Gasteiger partial charge in [-0.1, -0.05) is 6.92 Å². The van der Waals surface area contributed by atoms with Crippen LogP contribution in [0.3, 0.4) is 0 Å². The number of carbonyl (C=O) groups is 1. The molecule has 2 aromatic rings. The lowest BCUT2D eigenvalue weighted by Crippen LogP contribution is -2.33. The second-order valence-corrected chi connectivity index (χ2v) is 6.42. The van der Waals surface area contributed by atoms with E-state index in [4.69, 9.17) is 4.74 Å². The van der Waals surface area contributed by atoms with Crippen LogP contribution in [0.2, 0.25) is 0 Å².